The summed E-state index contributed by atoms with van der Waals surface area (Å²) >= 11 is 0. The molecule has 31 heavy (non-hydrogen) atoms. The molecule has 1 fully saturated rings. The van der Waals surface area contributed by atoms with Crippen LogP contribution in [0.5, 0.6) is 11.5 Å². The monoisotopic (exact) mass is 417 g/mol. The maximum atomic E-state index is 13.0. The molecule has 2 amide bonds. The molecule has 0 unspecified atom stereocenters. The van der Waals surface area contributed by atoms with Gasteiger partial charge in [-0.3, -0.25) is 20.0 Å². The molecular formula is C24H23N3O4. The predicted octanol–water partition coefficient (Wildman–Crippen LogP) is 3.09. The van der Waals surface area contributed by atoms with E-state index in [1.807, 2.05) is 48.5 Å². The second-order valence-electron chi connectivity index (χ2n) is 7.06. The fourth-order valence-corrected chi connectivity index (χ4v) is 3.70. The molecule has 158 valence electrons. The lowest BCUT2D eigenvalue weighted by molar-refractivity contribution is -0.120. The van der Waals surface area contributed by atoms with Crippen LogP contribution in [0.3, 0.4) is 0 Å². The molecule has 3 aromatic carbocycles. The fraction of sp³-hybridized carbons (Fsp3) is 0.167. The van der Waals surface area contributed by atoms with Gasteiger partial charge in [0.2, 0.25) is 0 Å². The summed E-state index contributed by atoms with van der Waals surface area (Å²) in [5.41, 5.74) is 4.97. The number of anilines is 1. The normalized spacial score (nSPS) is 17.7. The van der Waals surface area contributed by atoms with E-state index < -0.39 is 12.1 Å². The summed E-state index contributed by atoms with van der Waals surface area (Å²) in [7, 11) is 3.13. The molecule has 0 spiro atoms. The van der Waals surface area contributed by atoms with Crippen molar-refractivity contribution in [2.75, 3.05) is 19.2 Å². The van der Waals surface area contributed by atoms with E-state index in [4.69, 9.17) is 9.47 Å². The number of para-hydroxylation sites is 1. The molecule has 7 nitrogen and oxygen atoms in total. The minimum Gasteiger partial charge on any atom is -0.493 e. The van der Waals surface area contributed by atoms with Crippen molar-refractivity contribution in [1.82, 2.24) is 10.7 Å². The Morgan fingerprint density at radius 1 is 0.903 bits per heavy atom. The summed E-state index contributed by atoms with van der Waals surface area (Å²) in [6.45, 7) is 0. The van der Waals surface area contributed by atoms with Crippen molar-refractivity contribution in [1.29, 1.82) is 0 Å². The third-order valence-electron chi connectivity index (χ3n) is 5.21. The van der Waals surface area contributed by atoms with Crippen LogP contribution in [0, 0.1) is 0 Å². The van der Waals surface area contributed by atoms with Gasteiger partial charge in [0.15, 0.2) is 11.5 Å². The fourth-order valence-electron chi connectivity index (χ4n) is 3.70. The third kappa shape index (κ3) is 4.02. The van der Waals surface area contributed by atoms with Gasteiger partial charge in [-0.05, 0) is 42.0 Å². The van der Waals surface area contributed by atoms with E-state index in [2.05, 4.69) is 10.7 Å². The molecule has 0 aromatic heterocycles. The Bertz CT molecular complexity index is 1070. The molecule has 0 radical (unpaired) electrons. The van der Waals surface area contributed by atoms with Crippen molar-refractivity contribution in [2.24, 2.45) is 0 Å². The zero-order valence-corrected chi connectivity index (χ0v) is 17.2. The topological polar surface area (TPSA) is 79.9 Å². The van der Waals surface area contributed by atoms with Gasteiger partial charge in [0.25, 0.3) is 11.8 Å². The lowest BCUT2D eigenvalue weighted by Gasteiger charge is -2.28. The standard InChI is InChI=1S/C24H23N3O4/c1-30-19-14-13-17(15-20(19)31-2)22-21(25-23(28)16-9-5-3-6-10-16)24(29)26-27(22)18-11-7-4-8-12-18/h3-15,21-22H,1-2H3,(H,25,28)(H,26,29)/t21-,22+/m0/s1. The molecule has 0 bridgehead atoms. The van der Waals surface area contributed by atoms with Crippen molar-refractivity contribution >= 4 is 17.5 Å². The lowest BCUT2D eigenvalue weighted by atomic mass is 9.98. The smallest absolute Gasteiger partial charge is 0.263 e. The van der Waals surface area contributed by atoms with E-state index in [1.165, 1.54) is 0 Å². The van der Waals surface area contributed by atoms with Crippen LogP contribution in [-0.2, 0) is 4.79 Å². The Labute approximate surface area is 180 Å². The minimum atomic E-state index is -0.814. The van der Waals surface area contributed by atoms with Crippen LogP contribution in [0.4, 0.5) is 5.69 Å². The quantitative estimate of drug-likeness (QED) is 0.644. The van der Waals surface area contributed by atoms with Gasteiger partial charge < -0.3 is 14.8 Å². The number of ether oxygens (including phenoxy) is 2. The van der Waals surface area contributed by atoms with Crippen LogP contribution in [0.25, 0.3) is 0 Å². The molecule has 1 aliphatic rings. The number of hydrazine groups is 1. The van der Waals surface area contributed by atoms with Crippen molar-refractivity contribution in [3.63, 3.8) is 0 Å². The van der Waals surface area contributed by atoms with Gasteiger partial charge in [-0.15, -0.1) is 0 Å². The van der Waals surface area contributed by atoms with Crippen LogP contribution in [0.2, 0.25) is 0 Å². The Morgan fingerprint density at radius 2 is 1.55 bits per heavy atom. The van der Waals surface area contributed by atoms with Crippen molar-refractivity contribution in [3.8, 4) is 11.5 Å². The first-order chi connectivity index (χ1) is 15.1. The summed E-state index contributed by atoms with van der Waals surface area (Å²) in [5.74, 6) is 0.509. The number of hydrogen-bond donors (Lipinski definition) is 2. The molecule has 1 heterocycles. The maximum Gasteiger partial charge on any atom is 0.263 e. The number of amides is 2. The van der Waals surface area contributed by atoms with E-state index in [1.54, 1.807) is 49.6 Å². The number of carbonyl (C=O) groups excluding carboxylic acids is 2. The highest BCUT2D eigenvalue weighted by Crippen LogP contribution is 2.37. The van der Waals surface area contributed by atoms with Crippen LogP contribution >= 0.6 is 0 Å². The highest BCUT2D eigenvalue weighted by molar-refractivity contribution is 5.99. The van der Waals surface area contributed by atoms with E-state index in [-0.39, 0.29) is 11.8 Å². The zero-order valence-electron chi connectivity index (χ0n) is 17.2. The van der Waals surface area contributed by atoms with E-state index in [0.29, 0.717) is 17.1 Å². The molecule has 7 heteroatoms. The molecule has 4 rings (SSSR count). The lowest BCUT2D eigenvalue weighted by Crippen LogP contribution is -2.43. The van der Waals surface area contributed by atoms with E-state index >= 15 is 0 Å². The second kappa shape index (κ2) is 8.79. The average molecular weight is 417 g/mol. The Hall–Kier alpha value is -4.00. The maximum absolute atomic E-state index is 13.0. The van der Waals surface area contributed by atoms with Crippen molar-refractivity contribution in [3.05, 3.63) is 90.0 Å². The summed E-state index contributed by atoms with van der Waals surface area (Å²) < 4.78 is 10.8. The average Bonchev–Trinajstić information content (AvgIpc) is 3.15. The summed E-state index contributed by atoms with van der Waals surface area (Å²) in [6, 6.07) is 22.5. The highest BCUT2D eigenvalue weighted by atomic mass is 16.5. The third-order valence-corrected chi connectivity index (χ3v) is 5.21. The molecular weight excluding hydrogens is 394 g/mol. The zero-order chi connectivity index (χ0) is 21.8. The van der Waals surface area contributed by atoms with Gasteiger partial charge in [-0.2, -0.15) is 0 Å². The van der Waals surface area contributed by atoms with Crippen molar-refractivity contribution < 1.29 is 19.1 Å². The Morgan fingerprint density at radius 3 is 2.19 bits per heavy atom. The van der Waals surface area contributed by atoms with Gasteiger partial charge in [-0.25, -0.2) is 0 Å². The first kappa shape index (κ1) is 20.3. The molecule has 1 saturated heterocycles. The van der Waals surface area contributed by atoms with Crippen LogP contribution in [0.15, 0.2) is 78.9 Å². The molecule has 1 aliphatic heterocycles. The summed E-state index contributed by atoms with van der Waals surface area (Å²) in [4.78, 5) is 25.8. The number of benzene rings is 3. The molecule has 2 atom stereocenters. The van der Waals surface area contributed by atoms with Gasteiger partial charge in [0.05, 0.1) is 19.9 Å². The summed E-state index contributed by atoms with van der Waals surface area (Å²) in [6.07, 6.45) is 0. The first-order valence-electron chi connectivity index (χ1n) is 9.85. The number of nitrogens with one attached hydrogen (secondary N) is 2. The molecule has 0 saturated carbocycles. The number of carbonyl (C=O) groups is 2. The Balaban J connectivity index is 1.74. The predicted molar refractivity (Wildman–Crippen MR) is 117 cm³/mol. The van der Waals surface area contributed by atoms with E-state index in [0.717, 1.165) is 11.3 Å². The number of rotatable bonds is 6. The molecule has 0 aliphatic carbocycles. The van der Waals surface area contributed by atoms with Crippen LogP contribution in [-0.4, -0.2) is 32.1 Å². The van der Waals surface area contributed by atoms with Crippen molar-refractivity contribution in [2.45, 2.75) is 12.1 Å². The molecule has 2 N–H and O–H groups in total. The van der Waals surface area contributed by atoms with Gasteiger partial charge in [-0.1, -0.05) is 42.5 Å². The minimum absolute atomic E-state index is 0.298. The Kier molecular flexibility index (Phi) is 5.75. The first-order valence-corrected chi connectivity index (χ1v) is 9.85. The van der Waals surface area contributed by atoms with Gasteiger partial charge in [0, 0.05) is 5.56 Å². The highest BCUT2D eigenvalue weighted by Gasteiger charge is 2.43. The number of hydrogen-bond acceptors (Lipinski definition) is 5. The van der Waals surface area contributed by atoms with E-state index in [9.17, 15) is 9.59 Å². The summed E-state index contributed by atoms with van der Waals surface area (Å²) in [5, 5.41) is 4.66. The number of methoxy groups -OCH3 is 2. The van der Waals surface area contributed by atoms with Crippen LogP contribution < -0.4 is 25.2 Å². The molecule has 3 aromatic rings. The second-order valence-corrected chi connectivity index (χ2v) is 7.06. The van der Waals surface area contributed by atoms with Gasteiger partial charge >= 0.3 is 0 Å². The van der Waals surface area contributed by atoms with Crippen LogP contribution in [0.1, 0.15) is 22.0 Å². The van der Waals surface area contributed by atoms with Gasteiger partial charge in [0.1, 0.15) is 12.1 Å². The number of nitrogens with zero attached hydrogens (tertiary/aromatic N) is 1. The SMILES string of the molecule is COc1ccc([C@@H]2[C@H](NC(=O)c3ccccc3)C(=O)NN2c2ccccc2)cc1OC. The largest absolute Gasteiger partial charge is 0.493 e.